The average molecular weight is 338 g/mol. The maximum atomic E-state index is 4.03. The van der Waals surface area contributed by atoms with Crippen LogP contribution in [0.25, 0.3) is 16.8 Å². The van der Waals surface area contributed by atoms with Crippen molar-refractivity contribution in [2.75, 3.05) is 7.05 Å². The lowest BCUT2D eigenvalue weighted by atomic mass is 9.76. The third kappa shape index (κ3) is 2.52. The van der Waals surface area contributed by atoms with E-state index in [2.05, 4.69) is 104 Å². The van der Waals surface area contributed by atoms with E-state index in [1.165, 1.54) is 33.3 Å². The molecule has 0 saturated heterocycles. The summed E-state index contributed by atoms with van der Waals surface area (Å²) in [6.45, 7) is 6.36. The molecular formula is C25H24N+. The smallest absolute Gasteiger partial charge is 0.197 e. The van der Waals surface area contributed by atoms with Crippen LogP contribution in [0.1, 0.15) is 24.5 Å². The Morgan fingerprint density at radius 2 is 1.65 bits per heavy atom. The predicted molar refractivity (Wildman–Crippen MR) is 112 cm³/mol. The summed E-state index contributed by atoms with van der Waals surface area (Å²) in [5.41, 5.74) is 5.16. The first-order valence-corrected chi connectivity index (χ1v) is 9.12. The lowest BCUT2D eigenvalue weighted by Crippen LogP contribution is -2.29. The first-order chi connectivity index (χ1) is 12.6. The number of nitrogens with zero attached hydrogens (tertiary/aromatic N) is 1. The summed E-state index contributed by atoms with van der Waals surface area (Å²) in [5, 5.41) is 2.60. The standard InChI is InChI=1S/C25H24N/c1-4-18-25(2)22-16-15-20-12-8-9-13-21(20)24(22)26(3)23(25)17-14-19-10-6-5-7-11-19/h4-17H,1,18H2,2-3H3/q+1. The van der Waals surface area contributed by atoms with Gasteiger partial charge < -0.3 is 0 Å². The first kappa shape index (κ1) is 16.5. The van der Waals surface area contributed by atoms with Gasteiger partial charge in [-0.1, -0.05) is 66.7 Å². The second kappa shape index (κ2) is 6.42. The monoisotopic (exact) mass is 338 g/mol. The van der Waals surface area contributed by atoms with Crippen molar-refractivity contribution in [3.8, 4) is 0 Å². The van der Waals surface area contributed by atoms with Gasteiger partial charge in [0, 0.05) is 11.6 Å². The molecule has 1 atom stereocenters. The molecule has 4 rings (SSSR count). The largest absolute Gasteiger partial charge is 0.217 e. The Morgan fingerprint density at radius 1 is 0.923 bits per heavy atom. The number of allylic oxidation sites excluding steroid dienone is 2. The van der Waals surface area contributed by atoms with Gasteiger partial charge in [-0.3, -0.25) is 0 Å². The van der Waals surface area contributed by atoms with Crippen LogP contribution in [-0.4, -0.2) is 17.3 Å². The van der Waals surface area contributed by atoms with Crippen molar-refractivity contribution < 1.29 is 4.58 Å². The van der Waals surface area contributed by atoms with E-state index in [9.17, 15) is 0 Å². The SMILES string of the molecule is C=CCC1(C)C(C=Cc2ccccc2)=[N+](C)c2c1ccc1ccccc21. The Labute approximate surface area is 155 Å². The molecule has 1 heterocycles. The van der Waals surface area contributed by atoms with Gasteiger partial charge >= 0.3 is 0 Å². The molecule has 0 fully saturated rings. The second-order valence-electron chi connectivity index (χ2n) is 7.20. The van der Waals surface area contributed by atoms with Gasteiger partial charge in [0.25, 0.3) is 0 Å². The predicted octanol–water partition coefficient (Wildman–Crippen LogP) is 6.12. The maximum absolute atomic E-state index is 4.03. The van der Waals surface area contributed by atoms with E-state index < -0.39 is 0 Å². The normalized spacial score (nSPS) is 19.3. The molecule has 1 aliphatic rings. The van der Waals surface area contributed by atoms with Crippen LogP contribution in [0.5, 0.6) is 0 Å². The Balaban J connectivity index is 1.93. The molecular weight excluding hydrogens is 314 g/mol. The van der Waals surface area contributed by atoms with Crippen LogP contribution in [0.2, 0.25) is 0 Å². The summed E-state index contributed by atoms with van der Waals surface area (Å²) in [4.78, 5) is 0. The highest BCUT2D eigenvalue weighted by molar-refractivity contribution is 6.09. The maximum Gasteiger partial charge on any atom is 0.217 e. The van der Waals surface area contributed by atoms with Crippen LogP contribution >= 0.6 is 0 Å². The van der Waals surface area contributed by atoms with E-state index in [1.54, 1.807) is 0 Å². The zero-order valence-corrected chi connectivity index (χ0v) is 15.4. The third-order valence-electron chi connectivity index (χ3n) is 5.54. The van der Waals surface area contributed by atoms with Crippen molar-refractivity contribution in [3.05, 3.63) is 96.6 Å². The van der Waals surface area contributed by atoms with E-state index in [1.807, 2.05) is 6.08 Å². The summed E-state index contributed by atoms with van der Waals surface area (Å²) >= 11 is 0. The minimum Gasteiger partial charge on any atom is -0.197 e. The van der Waals surface area contributed by atoms with Crippen molar-refractivity contribution in [1.29, 1.82) is 0 Å². The lowest BCUT2D eigenvalue weighted by Gasteiger charge is -2.20. The van der Waals surface area contributed by atoms with Crippen molar-refractivity contribution in [2.24, 2.45) is 0 Å². The van der Waals surface area contributed by atoms with Crippen LogP contribution in [0.15, 0.2) is 85.5 Å². The van der Waals surface area contributed by atoms with Crippen molar-refractivity contribution in [2.45, 2.75) is 18.8 Å². The van der Waals surface area contributed by atoms with E-state index in [0.717, 1.165) is 6.42 Å². The van der Waals surface area contributed by atoms with Gasteiger partial charge in [0.1, 0.15) is 7.05 Å². The summed E-state index contributed by atoms with van der Waals surface area (Å²) in [7, 11) is 2.18. The summed E-state index contributed by atoms with van der Waals surface area (Å²) in [6, 6.07) is 23.7. The van der Waals surface area contributed by atoms with Crippen LogP contribution in [0.3, 0.4) is 0 Å². The van der Waals surface area contributed by atoms with Gasteiger partial charge in [-0.15, -0.1) is 6.58 Å². The van der Waals surface area contributed by atoms with E-state index in [4.69, 9.17) is 0 Å². The molecule has 1 unspecified atom stereocenters. The fourth-order valence-electron chi connectivity index (χ4n) is 4.23. The lowest BCUT2D eigenvalue weighted by molar-refractivity contribution is -0.399. The highest BCUT2D eigenvalue weighted by Gasteiger charge is 2.46. The molecule has 1 aliphatic heterocycles. The minimum atomic E-state index is -0.0683. The number of benzene rings is 3. The molecule has 0 saturated carbocycles. The number of hydrogen-bond donors (Lipinski definition) is 0. The van der Waals surface area contributed by atoms with E-state index in [-0.39, 0.29) is 5.41 Å². The van der Waals surface area contributed by atoms with Crippen LogP contribution in [0, 0.1) is 0 Å². The van der Waals surface area contributed by atoms with Crippen LogP contribution in [0.4, 0.5) is 5.69 Å². The zero-order valence-electron chi connectivity index (χ0n) is 15.4. The third-order valence-corrected chi connectivity index (χ3v) is 5.54. The Kier molecular flexibility index (Phi) is 4.08. The van der Waals surface area contributed by atoms with Gasteiger partial charge in [-0.25, -0.2) is 0 Å². The molecule has 0 spiro atoms. The zero-order chi connectivity index (χ0) is 18.1. The summed E-state index contributed by atoms with van der Waals surface area (Å²) in [5.74, 6) is 0. The fourth-order valence-corrected chi connectivity index (χ4v) is 4.23. The van der Waals surface area contributed by atoms with Crippen LogP contribution < -0.4 is 0 Å². The topological polar surface area (TPSA) is 3.01 Å². The quantitative estimate of drug-likeness (QED) is 0.398. The Hall–Kier alpha value is -2.93. The molecule has 128 valence electrons. The van der Waals surface area contributed by atoms with Crippen LogP contribution in [-0.2, 0) is 5.41 Å². The number of fused-ring (bicyclic) bond motifs is 3. The van der Waals surface area contributed by atoms with Gasteiger partial charge in [-0.2, -0.15) is 4.58 Å². The van der Waals surface area contributed by atoms with Gasteiger partial charge in [0.15, 0.2) is 5.71 Å². The molecule has 3 aromatic rings. The highest BCUT2D eigenvalue weighted by Crippen LogP contribution is 2.45. The molecule has 0 N–H and O–H groups in total. The molecule has 26 heavy (non-hydrogen) atoms. The average Bonchev–Trinajstić information content (AvgIpc) is 2.88. The molecule has 0 radical (unpaired) electrons. The van der Waals surface area contributed by atoms with Crippen molar-refractivity contribution >= 4 is 28.2 Å². The fraction of sp³-hybridized carbons (Fsp3) is 0.160. The molecule has 0 amide bonds. The molecule has 3 aromatic carbocycles. The molecule has 0 aromatic heterocycles. The van der Waals surface area contributed by atoms with Crippen molar-refractivity contribution in [1.82, 2.24) is 0 Å². The molecule has 1 heteroatoms. The molecule has 0 bridgehead atoms. The molecule has 1 nitrogen and oxygen atoms in total. The van der Waals surface area contributed by atoms with E-state index >= 15 is 0 Å². The summed E-state index contributed by atoms with van der Waals surface area (Å²) < 4.78 is 2.36. The molecule has 0 aliphatic carbocycles. The number of hydrogen-bond acceptors (Lipinski definition) is 0. The Bertz CT molecular complexity index is 1040. The highest BCUT2D eigenvalue weighted by atomic mass is 15.0. The number of rotatable bonds is 4. The van der Waals surface area contributed by atoms with Gasteiger partial charge in [-0.05, 0) is 36.4 Å². The summed E-state index contributed by atoms with van der Waals surface area (Å²) in [6.07, 6.45) is 7.43. The first-order valence-electron chi connectivity index (χ1n) is 9.12. The van der Waals surface area contributed by atoms with Crippen molar-refractivity contribution in [3.63, 3.8) is 0 Å². The second-order valence-corrected chi connectivity index (χ2v) is 7.20. The minimum absolute atomic E-state index is 0.0683. The Morgan fingerprint density at radius 3 is 2.42 bits per heavy atom. The van der Waals surface area contributed by atoms with E-state index in [0.29, 0.717) is 0 Å². The van der Waals surface area contributed by atoms with Gasteiger partial charge in [0.05, 0.1) is 10.8 Å². The van der Waals surface area contributed by atoms with Gasteiger partial charge in [0.2, 0.25) is 5.69 Å².